The molecule has 1 rings (SSSR count). The summed E-state index contributed by atoms with van der Waals surface area (Å²) in [5.41, 5.74) is 0. The Kier molecular flexibility index (Phi) is 1.07. The number of hydrogen-bond acceptors (Lipinski definition) is 2. The minimum absolute atomic E-state index is 0.297. The van der Waals surface area contributed by atoms with Crippen LogP contribution in [0, 0.1) is 0 Å². The topological polar surface area (TPSA) is 32.3 Å². The van der Waals surface area contributed by atoms with E-state index < -0.39 is 0 Å². The molecule has 0 aliphatic carbocycles. The first-order valence-electron chi connectivity index (χ1n) is 2.18. The maximum absolute atomic E-state index is 8.62. The minimum atomic E-state index is 0.297. The van der Waals surface area contributed by atoms with Crippen LogP contribution in [0.1, 0.15) is 0 Å². The Morgan fingerprint density at radius 1 is 1.71 bits per heavy atom. The van der Waals surface area contributed by atoms with E-state index >= 15 is 0 Å². The third-order valence-electron chi connectivity index (χ3n) is 0.774. The highest BCUT2D eigenvalue weighted by atomic mass is 16.3. The average Bonchev–Trinajstić information content (AvgIpc) is 1.69. The van der Waals surface area contributed by atoms with E-state index in [1.165, 1.54) is 0 Å². The van der Waals surface area contributed by atoms with Gasteiger partial charge in [0.25, 0.3) is 7.41 Å². The number of hydrogen-bond donors (Lipinski definition) is 2. The first-order valence-corrected chi connectivity index (χ1v) is 2.18. The lowest BCUT2D eigenvalue weighted by molar-refractivity contribution is 0.429. The Morgan fingerprint density at radius 2 is 2.57 bits per heavy atom. The van der Waals surface area contributed by atoms with Crippen molar-refractivity contribution in [2.75, 3.05) is 0 Å². The van der Waals surface area contributed by atoms with Crippen LogP contribution >= 0.6 is 0 Å². The molecule has 1 heterocycles. The summed E-state index contributed by atoms with van der Waals surface area (Å²) in [6.07, 6.45) is 3.23. The first-order chi connectivity index (χ1) is 3.39. The van der Waals surface area contributed by atoms with Gasteiger partial charge in [-0.05, 0) is 6.08 Å². The van der Waals surface area contributed by atoms with E-state index in [0.29, 0.717) is 5.76 Å². The van der Waals surface area contributed by atoms with Crippen molar-refractivity contribution in [3.63, 3.8) is 0 Å². The van der Waals surface area contributed by atoms with Crippen LogP contribution in [0.15, 0.2) is 24.0 Å². The van der Waals surface area contributed by atoms with E-state index in [9.17, 15) is 0 Å². The van der Waals surface area contributed by atoms with Crippen LogP contribution in [-0.4, -0.2) is 12.5 Å². The number of allylic oxidation sites excluding steroid dienone is 1. The van der Waals surface area contributed by atoms with Crippen LogP contribution in [-0.2, 0) is 0 Å². The molecular weight excluding hydrogens is 88.9 g/mol. The van der Waals surface area contributed by atoms with Gasteiger partial charge in [-0.3, -0.25) is 0 Å². The molecule has 2 nitrogen and oxygen atoms in total. The highest BCUT2D eigenvalue weighted by Gasteiger charge is 1.89. The summed E-state index contributed by atoms with van der Waals surface area (Å²) in [7, 11) is 0.823. The van der Waals surface area contributed by atoms with E-state index in [1.807, 2.05) is 5.98 Å². The molecule has 7 heavy (non-hydrogen) atoms. The number of aliphatic hydroxyl groups excluding tert-OH is 1. The van der Waals surface area contributed by atoms with Crippen molar-refractivity contribution in [3.05, 3.63) is 24.0 Å². The van der Waals surface area contributed by atoms with Crippen LogP contribution in [0.3, 0.4) is 0 Å². The third-order valence-corrected chi connectivity index (χ3v) is 0.774. The van der Waals surface area contributed by atoms with Gasteiger partial charge in [0.1, 0.15) is 5.76 Å². The maximum Gasteiger partial charge on any atom is 0.259 e. The second-order valence-electron chi connectivity index (χ2n) is 1.38. The van der Waals surface area contributed by atoms with E-state index in [0.717, 1.165) is 7.41 Å². The van der Waals surface area contributed by atoms with Crippen molar-refractivity contribution in [1.29, 1.82) is 0 Å². The third kappa shape index (κ3) is 0.997. The van der Waals surface area contributed by atoms with Gasteiger partial charge in [0.2, 0.25) is 0 Å². The summed E-state index contributed by atoms with van der Waals surface area (Å²) < 4.78 is 0. The lowest BCUT2D eigenvalue weighted by Gasteiger charge is -1.98. The van der Waals surface area contributed by atoms with Gasteiger partial charge in [0, 0.05) is 6.20 Å². The summed E-state index contributed by atoms with van der Waals surface area (Å²) >= 11 is 0. The molecule has 0 aromatic rings. The molecular formula is C4H6BNO. The molecule has 3 heteroatoms. The predicted molar refractivity (Wildman–Crippen MR) is 30.1 cm³/mol. The molecule has 0 amide bonds. The SMILES string of the molecule is OC1=CNBC=C1. The molecule has 0 bridgehead atoms. The molecule has 0 atom stereocenters. The van der Waals surface area contributed by atoms with Crippen molar-refractivity contribution in [1.82, 2.24) is 5.23 Å². The summed E-state index contributed by atoms with van der Waals surface area (Å²) in [6, 6.07) is 0. The Labute approximate surface area is 42.8 Å². The molecule has 0 unspecified atom stereocenters. The zero-order chi connectivity index (χ0) is 5.11. The van der Waals surface area contributed by atoms with Crippen LogP contribution < -0.4 is 5.23 Å². The molecule has 0 saturated carbocycles. The van der Waals surface area contributed by atoms with Crippen molar-refractivity contribution in [3.8, 4) is 0 Å². The molecule has 36 valence electrons. The molecule has 1 aliphatic rings. The van der Waals surface area contributed by atoms with Crippen molar-refractivity contribution in [2.45, 2.75) is 0 Å². The quantitative estimate of drug-likeness (QED) is 0.410. The van der Waals surface area contributed by atoms with Gasteiger partial charge in [-0.2, -0.15) is 0 Å². The fraction of sp³-hybridized carbons (Fsp3) is 0. The van der Waals surface area contributed by atoms with Crippen LogP contribution in [0.4, 0.5) is 0 Å². The lowest BCUT2D eigenvalue weighted by Crippen LogP contribution is -2.12. The van der Waals surface area contributed by atoms with Crippen LogP contribution in [0.25, 0.3) is 0 Å². The van der Waals surface area contributed by atoms with E-state index in [1.54, 1.807) is 12.3 Å². The first kappa shape index (κ1) is 4.31. The lowest BCUT2D eigenvalue weighted by atomic mass is 9.92. The monoisotopic (exact) mass is 95.1 g/mol. The molecule has 0 aromatic carbocycles. The smallest absolute Gasteiger partial charge is 0.259 e. The Morgan fingerprint density at radius 3 is 2.86 bits per heavy atom. The van der Waals surface area contributed by atoms with Gasteiger partial charge in [-0.1, -0.05) is 5.98 Å². The summed E-state index contributed by atoms with van der Waals surface area (Å²) in [6.45, 7) is 0. The normalized spacial score (nSPS) is 16.9. The van der Waals surface area contributed by atoms with Crippen molar-refractivity contribution >= 4 is 7.41 Å². The average molecular weight is 94.9 g/mol. The van der Waals surface area contributed by atoms with Gasteiger partial charge in [0.15, 0.2) is 0 Å². The largest absolute Gasteiger partial charge is 0.507 e. The van der Waals surface area contributed by atoms with Gasteiger partial charge in [-0.15, -0.1) is 0 Å². The molecule has 0 fully saturated rings. The van der Waals surface area contributed by atoms with Gasteiger partial charge >= 0.3 is 0 Å². The van der Waals surface area contributed by atoms with Gasteiger partial charge < -0.3 is 10.3 Å². The Bertz CT molecular complexity index is 119. The zero-order valence-corrected chi connectivity index (χ0v) is 3.89. The molecule has 0 saturated heterocycles. The van der Waals surface area contributed by atoms with E-state index in [4.69, 9.17) is 5.11 Å². The fourth-order valence-electron chi connectivity index (χ4n) is 0.459. The summed E-state index contributed by atoms with van der Waals surface area (Å²) in [5, 5.41) is 11.5. The van der Waals surface area contributed by atoms with Gasteiger partial charge in [-0.25, -0.2) is 0 Å². The Balaban J connectivity index is 2.58. The highest BCUT2D eigenvalue weighted by molar-refractivity contribution is 6.39. The fourth-order valence-corrected chi connectivity index (χ4v) is 0.459. The highest BCUT2D eigenvalue weighted by Crippen LogP contribution is 1.89. The molecule has 2 N–H and O–H groups in total. The molecule has 0 aromatic heterocycles. The van der Waals surface area contributed by atoms with Crippen molar-refractivity contribution in [2.24, 2.45) is 0 Å². The van der Waals surface area contributed by atoms with Crippen LogP contribution in [0.2, 0.25) is 0 Å². The predicted octanol–water partition coefficient (Wildman–Crippen LogP) is -0.146. The van der Waals surface area contributed by atoms with Crippen molar-refractivity contribution < 1.29 is 5.11 Å². The maximum atomic E-state index is 8.62. The molecule has 0 spiro atoms. The standard InChI is InChI=1S/C4H6BNO/c7-4-1-2-5-6-3-4/h1-3,5-7H. The van der Waals surface area contributed by atoms with E-state index in [2.05, 4.69) is 5.23 Å². The number of aliphatic hydroxyl groups is 1. The zero-order valence-electron chi connectivity index (χ0n) is 3.89. The Hall–Kier alpha value is -0.855. The molecule has 0 radical (unpaired) electrons. The molecule has 1 aliphatic heterocycles. The number of nitrogens with one attached hydrogen (secondary N) is 1. The van der Waals surface area contributed by atoms with Gasteiger partial charge in [0.05, 0.1) is 0 Å². The number of rotatable bonds is 0. The second-order valence-corrected chi connectivity index (χ2v) is 1.38. The summed E-state index contributed by atoms with van der Waals surface area (Å²) in [5.74, 6) is 2.15. The van der Waals surface area contributed by atoms with Crippen LogP contribution in [0.5, 0.6) is 0 Å². The van der Waals surface area contributed by atoms with E-state index in [-0.39, 0.29) is 0 Å². The second kappa shape index (κ2) is 1.73. The minimum Gasteiger partial charge on any atom is -0.507 e. The summed E-state index contributed by atoms with van der Waals surface area (Å²) in [4.78, 5) is 0.